The summed E-state index contributed by atoms with van der Waals surface area (Å²) in [4.78, 5) is 10.7. The van der Waals surface area contributed by atoms with Crippen LogP contribution in [-0.4, -0.2) is 17.7 Å². The molecule has 1 aliphatic carbocycles. The van der Waals surface area contributed by atoms with Crippen LogP contribution in [-0.2, 0) is 4.79 Å². The van der Waals surface area contributed by atoms with Crippen LogP contribution in [0.15, 0.2) is 40.4 Å². The molecule has 0 bridgehead atoms. The molecule has 0 amide bonds. The van der Waals surface area contributed by atoms with Crippen LogP contribution in [0.1, 0.15) is 12.8 Å². The van der Waals surface area contributed by atoms with Crippen molar-refractivity contribution in [2.24, 2.45) is 5.92 Å². The summed E-state index contributed by atoms with van der Waals surface area (Å²) in [5.41, 5.74) is 0.873. The third-order valence-electron chi connectivity index (χ3n) is 2.61. The van der Waals surface area contributed by atoms with Crippen LogP contribution in [0, 0.1) is 5.92 Å². The van der Waals surface area contributed by atoms with E-state index in [9.17, 15) is 4.79 Å². The molecule has 90 valence electrons. The highest BCUT2D eigenvalue weighted by molar-refractivity contribution is 9.10. The van der Waals surface area contributed by atoms with Crippen molar-refractivity contribution in [3.05, 3.63) is 40.4 Å². The molecule has 1 N–H and O–H groups in total. The van der Waals surface area contributed by atoms with Gasteiger partial charge in [0.05, 0.1) is 0 Å². The molecule has 3 nitrogen and oxygen atoms in total. The Morgan fingerprint density at radius 3 is 2.88 bits per heavy atom. The number of ether oxygens (including phenoxy) is 1. The normalized spacial score (nSPS) is 15.7. The maximum Gasteiger partial charge on any atom is 0.328 e. The van der Waals surface area contributed by atoms with Crippen molar-refractivity contribution in [3.63, 3.8) is 0 Å². The van der Waals surface area contributed by atoms with Gasteiger partial charge in [-0.3, -0.25) is 0 Å². The van der Waals surface area contributed by atoms with Gasteiger partial charge in [0, 0.05) is 10.5 Å². The molecular weight excluding hydrogens is 284 g/mol. The predicted octanol–water partition coefficient (Wildman–Crippen LogP) is 3.25. The van der Waals surface area contributed by atoms with Crippen molar-refractivity contribution in [3.8, 4) is 5.75 Å². The van der Waals surface area contributed by atoms with Crippen LogP contribution in [0.5, 0.6) is 5.75 Å². The number of carboxylic acid groups (broad SMARTS) is 1. The Morgan fingerprint density at radius 1 is 1.53 bits per heavy atom. The second kappa shape index (κ2) is 5.36. The second-order valence-corrected chi connectivity index (χ2v) is 4.99. The van der Waals surface area contributed by atoms with E-state index < -0.39 is 5.97 Å². The fraction of sp³-hybridized carbons (Fsp3) is 0.308. The van der Waals surface area contributed by atoms with Crippen LogP contribution in [0.2, 0.25) is 0 Å². The van der Waals surface area contributed by atoms with E-state index >= 15 is 0 Å². The first kappa shape index (κ1) is 12.2. The van der Waals surface area contributed by atoms with E-state index in [1.165, 1.54) is 6.08 Å². The van der Waals surface area contributed by atoms with Crippen molar-refractivity contribution < 1.29 is 14.6 Å². The van der Waals surface area contributed by atoms with E-state index in [4.69, 9.17) is 9.84 Å². The summed E-state index contributed by atoms with van der Waals surface area (Å²) >= 11 is 3.36. The third kappa shape index (κ3) is 3.89. The van der Waals surface area contributed by atoms with Crippen molar-refractivity contribution in [2.75, 3.05) is 6.61 Å². The van der Waals surface area contributed by atoms with Crippen molar-refractivity contribution >= 4 is 21.9 Å². The summed E-state index contributed by atoms with van der Waals surface area (Å²) in [5.74, 6) is 0.249. The Morgan fingerprint density at radius 2 is 2.29 bits per heavy atom. The smallest absolute Gasteiger partial charge is 0.328 e. The minimum atomic E-state index is -0.898. The fourth-order valence-corrected chi connectivity index (χ4v) is 1.99. The monoisotopic (exact) mass is 296 g/mol. The van der Waals surface area contributed by atoms with Crippen LogP contribution >= 0.6 is 15.9 Å². The maximum atomic E-state index is 10.7. The first-order valence-corrected chi connectivity index (χ1v) is 6.26. The van der Waals surface area contributed by atoms with Crippen molar-refractivity contribution in [1.29, 1.82) is 0 Å². The predicted molar refractivity (Wildman–Crippen MR) is 68.1 cm³/mol. The molecule has 1 aliphatic rings. The molecule has 0 unspecified atom stereocenters. The number of hydrogen-bond donors (Lipinski definition) is 1. The Balaban J connectivity index is 1.98. The number of hydrogen-bond acceptors (Lipinski definition) is 2. The molecule has 17 heavy (non-hydrogen) atoms. The lowest BCUT2D eigenvalue weighted by Gasteiger charge is -2.08. The van der Waals surface area contributed by atoms with E-state index in [0.29, 0.717) is 12.5 Å². The van der Waals surface area contributed by atoms with Gasteiger partial charge < -0.3 is 9.84 Å². The van der Waals surface area contributed by atoms with Gasteiger partial charge in [-0.25, -0.2) is 4.79 Å². The largest absolute Gasteiger partial charge is 0.489 e. The van der Waals surface area contributed by atoms with Gasteiger partial charge in [-0.2, -0.15) is 0 Å². The molecule has 1 aromatic rings. The van der Waals surface area contributed by atoms with Gasteiger partial charge in [-0.1, -0.05) is 22.0 Å². The van der Waals surface area contributed by atoms with Crippen LogP contribution in [0.3, 0.4) is 0 Å². The molecular formula is C13H13BrO3. The Kier molecular flexibility index (Phi) is 3.84. The summed E-state index contributed by atoms with van der Waals surface area (Å²) in [7, 11) is 0. The molecule has 0 atom stereocenters. The summed E-state index contributed by atoms with van der Waals surface area (Å²) in [6.45, 7) is 0.355. The topological polar surface area (TPSA) is 46.5 Å². The van der Waals surface area contributed by atoms with Gasteiger partial charge in [-0.05, 0) is 42.5 Å². The molecule has 0 heterocycles. The van der Waals surface area contributed by atoms with Crippen LogP contribution in [0.4, 0.5) is 0 Å². The fourth-order valence-electron chi connectivity index (χ4n) is 1.61. The first-order valence-electron chi connectivity index (χ1n) is 5.47. The lowest BCUT2D eigenvalue weighted by Crippen LogP contribution is -2.05. The quantitative estimate of drug-likeness (QED) is 0.849. The zero-order chi connectivity index (χ0) is 12.3. The zero-order valence-electron chi connectivity index (χ0n) is 9.23. The van der Waals surface area contributed by atoms with E-state index in [-0.39, 0.29) is 0 Å². The average molecular weight is 297 g/mol. The summed E-state index contributed by atoms with van der Waals surface area (Å²) in [5, 5.41) is 8.76. The Labute approximate surface area is 108 Å². The summed E-state index contributed by atoms with van der Waals surface area (Å²) in [6.07, 6.45) is 3.41. The molecule has 1 aromatic carbocycles. The Bertz CT molecular complexity index is 450. The third-order valence-corrected chi connectivity index (χ3v) is 3.11. The number of rotatable bonds is 5. The number of benzene rings is 1. The molecule has 0 aromatic heterocycles. The van der Waals surface area contributed by atoms with Gasteiger partial charge in [0.2, 0.25) is 0 Å². The standard InChI is InChI=1S/C13H13BrO3/c14-11-2-1-3-12(7-11)17-8-10(6-13(15)16)9-4-5-9/h1-3,6-7,9H,4-5,8H2,(H,15,16)/b10-6-. The number of aliphatic carboxylic acids is 1. The molecule has 2 rings (SSSR count). The highest BCUT2D eigenvalue weighted by Gasteiger charge is 2.26. The maximum absolute atomic E-state index is 10.7. The van der Waals surface area contributed by atoms with E-state index in [0.717, 1.165) is 28.6 Å². The molecule has 4 heteroatoms. The van der Waals surface area contributed by atoms with Crippen molar-refractivity contribution in [1.82, 2.24) is 0 Å². The van der Waals surface area contributed by atoms with Crippen LogP contribution < -0.4 is 4.74 Å². The second-order valence-electron chi connectivity index (χ2n) is 4.08. The molecule has 0 spiro atoms. The van der Waals surface area contributed by atoms with Crippen LogP contribution in [0.25, 0.3) is 0 Å². The molecule has 0 aliphatic heterocycles. The minimum Gasteiger partial charge on any atom is -0.489 e. The number of carbonyl (C=O) groups is 1. The van der Waals surface area contributed by atoms with E-state index in [2.05, 4.69) is 15.9 Å². The molecule has 0 radical (unpaired) electrons. The van der Waals surface area contributed by atoms with Gasteiger partial charge in [0.15, 0.2) is 0 Å². The first-order chi connectivity index (χ1) is 8.15. The zero-order valence-corrected chi connectivity index (χ0v) is 10.8. The molecule has 1 saturated carbocycles. The summed E-state index contributed by atoms with van der Waals surface area (Å²) < 4.78 is 6.54. The van der Waals surface area contributed by atoms with E-state index in [1.807, 2.05) is 24.3 Å². The highest BCUT2D eigenvalue weighted by atomic mass is 79.9. The molecule has 0 saturated heterocycles. The number of halogens is 1. The summed E-state index contributed by atoms with van der Waals surface area (Å²) in [6, 6.07) is 7.53. The lowest BCUT2D eigenvalue weighted by molar-refractivity contribution is -0.131. The lowest BCUT2D eigenvalue weighted by atomic mass is 10.1. The SMILES string of the molecule is O=C(O)/C=C(/COc1cccc(Br)c1)C1CC1. The van der Waals surface area contributed by atoms with Crippen molar-refractivity contribution in [2.45, 2.75) is 12.8 Å². The van der Waals surface area contributed by atoms with Gasteiger partial charge in [-0.15, -0.1) is 0 Å². The van der Waals surface area contributed by atoms with Gasteiger partial charge in [0.25, 0.3) is 0 Å². The Hall–Kier alpha value is -1.29. The average Bonchev–Trinajstić information content (AvgIpc) is 3.07. The molecule has 1 fully saturated rings. The number of carboxylic acids is 1. The highest BCUT2D eigenvalue weighted by Crippen LogP contribution is 2.36. The van der Waals surface area contributed by atoms with Gasteiger partial charge in [0.1, 0.15) is 12.4 Å². The van der Waals surface area contributed by atoms with E-state index in [1.54, 1.807) is 0 Å². The van der Waals surface area contributed by atoms with Gasteiger partial charge >= 0.3 is 5.97 Å². The minimum absolute atomic E-state index is 0.355.